The summed E-state index contributed by atoms with van der Waals surface area (Å²) in [5.74, 6) is -0.552. The third-order valence-electron chi connectivity index (χ3n) is 3.49. The molecule has 0 radical (unpaired) electrons. The van der Waals surface area contributed by atoms with Gasteiger partial charge in [-0.05, 0) is 13.0 Å². The van der Waals surface area contributed by atoms with E-state index in [0.29, 0.717) is 11.3 Å². The van der Waals surface area contributed by atoms with Crippen LogP contribution in [0.25, 0.3) is 0 Å². The standard InChI is InChI=1S/C14H17NO4/c1-8-9(2)19-13-10(8)5-4-6-11(13)14(18)15(3)7-12(16)17/h4-6,8-9H,7H2,1-3H3,(H,16,17). The van der Waals surface area contributed by atoms with E-state index in [1.54, 1.807) is 12.1 Å². The second kappa shape index (κ2) is 4.91. The van der Waals surface area contributed by atoms with E-state index in [1.807, 2.05) is 19.9 Å². The van der Waals surface area contributed by atoms with Crippen molar-refractivity contribution in [1.29, 1.82) is 0 Å². The van der Waals surface area contributed by atoms with Crippen molar-refractivity contribution in [2.75, 3.05) is 13.6 Å². The van der Waals surface area contributed by atoms with Crippen LogP contribution in [0.2, 0.25) is 0 Å². The highest BCUT2D eigenvalue weighted by Crippen LogP contribution is 2.40. The zero-order chi connectivity index (χ0) is 14.2. The smallest absolute Gasteiger partial charge is 0.323 e. The Morgan fingerprint density at radius 1 is 1.37 bits per heavy atom. The average Bonchev–Trinajstić information content (AvgIpc) is 2.64. The number of carbonyl (C=O) groups is 2. The molecule has 102 valence electrons. The zero-order valence-electron chi connectivity index (χ0n) is 11.2. The predicted octanol–water partition coefficient (Wildman–Crippen LogP) is 1.73. The summed E-state index contributed by atoms with van der Waals surface area (Å²) >= 11 is 0. The summed E-state index contributed by atoms with van der Waals surface area (Å²) in [5.41, 5.74) is 1.43. The van der Waals surface area contributed by atoms with Gasteiger partial charge in [0.25, 0.3) is 5.91 Å². The summed E-state index contributed by atoms with van der Waals surface area (Å²) in [5, 5.41) is 8.73. The van der Waals surface area contributed by atoms with Crippen molar-refractivity contribution < 1.29 is 19.4 Å². The number of rotatable bonds is 3. The monoisotopic (exact) mass is 263 g/mol. The molecule has 0 fully saturated rings. The number of nitrogens with zero attached hydrogens (tertiary/aromatic N) is 1. The highest BCUT2D eigenvalue weighted by Gasteiger charge is 2.31. The Morgan fingerprint density at radius 2 is 2.05 bits per heavy atom. The maximum atomic E-state index is 12.2. The molecule has 0 saturated carbocycles. The van der Waals surface area contributed by atoms with Crippen LogP contribution in [-0.2, 0) is 4.79 Å². The van der Waals surface area contributed by atoms with Crippen molar-refractivity contribution in [3.05, 3.63) is 29.3 Å². The number of aliphatic carboxylic acids is 1. The van der Waals surface area contributed by atoms with Gasteiger partial charge in [-0.15, -0.1) is 0 Å². The molecule has 0 spiro atoms. The third kappa shape index (κ3) is 2.41. The molecule has 5 heteroatoms. The Hall–Kier alpha value is -2.04. The summed E-state index contributed by atoms with van der Waals surface area (Å²) in [6.07, 6.45) is 0.0220. The van der Waals surface area contributed by atoms with Crippen LogP contribution in [-0.4, -0.2) is 41.6 Å². The molecular formula is C14H17NO4. The number of hydrogen-bond acceptors (Lipinski definition) is 3. The molecule has 0 aromatic heterocycles. The van der Waals surface area contributed by atoms with Gasteiger partial charge in [0.05, 0.1) is 5.56 Å². The quantitative estimate of drug-likeness (QED) is 0.901. The van der Waals surface area contributed by atoms with Gasteiger partial charge < -0.3 is 14.7 Å². The SMILES string of the molecule is CC1Oc2c(C(=O)N(C)CC(=O)O)cccc2C1C. The van der Waals surface area contributed by atoms with Crippen molar-refractivity contribution in [1.82, 2.24) is 4.90 Å². The van der Waals surface area contributed by atoms with E-state index < -0.39 is 5.97 Å². The topological polar surface area (TPSA) is 66.8 Å². The maximum absolute atomic E-state index is 12.2. The van der Waals surface area contributed by atoms with E-state index in [4.69, 9.17) is 9.84 Å². The number of benzene rings is 1. The normalized spacial score (nSPS) is 20.6. The number of carboxylic acids is 1. The molecule has 2 rings (SSSR count). The minimum Gasteiger partial charge on any atom is -0.489 e. The number of ether oxygens (including phenoxy) is 1. The van der Waals surface area contributed by atoms with Crippen LogP contribution in [0, 0.1) is 0 Å². The number of para-hydroxylation sites is 1. The fourth-order valence-corrected chi connectivity index (χ4v) is 2.23. The first-order chi connectivity index (χ1) is 8.91. The van der Waals surface area contributed by atoms with Crippen LogP contribution in [0.1, 0.15) is 35.7 Å². The van der Waals surface area contributed by atoms with Crippen LogP contribution >= 0.6 is 0 Å². The fraction of sp³-hybridized carbons (Fsp3) is 0.429. The molecule has 2 unspecified atom stereocenters. The van der Waals surface area contributed by atoms with Crippen LogP contribution in [0.5, 0.6) is 5.75 Å². The minimum absolute atomic E-state index is 0.0220. The van der Waals surface area contributed by atoms with Crippen LogP contribution < -0.4 is 4.74 Å². The maximum Gasteiger partial charge on any atom is 0.323 e. The Bertz CT molecular complexity index is 526. The summed E-state index contributed by atoms with van der Waals surface area (Å²) in [7, 11) is 1.47. The Morgan fingerprint density at radius 3 is 2.68 bits per heavy atom. The van der Waals surface area contributed by atoms with E-state index in [2.05, 4.69) is 0 Å². The van der Waals surface area contributed by atoms with Crippen LogP contribution in [0.3, 0.4) is 0 Å². The first kappa shape index (κ1) is 13.4. The van der Waals surface area contributed by atoms with Gasteiger partial charge in [-0.2, -0.15) is 0 Å². The Kier molecular flexibility index (Phi) is 3.46. The van der Waals surface area contributed by atoms with Gasteiger partial charge in [-0.3, -0.25) is 9.59 Å². The zero-order valence-corrected chi connectivity index (χ0v) is 11.2. The number of hydrogen-bond donors (Lipinski definition) is 1. The lowest BCUT2D eigenvalue weighted by Gasteiger charge is -2.16. The number of carbonyl (C=O) groups excluding carboxylic acids is 1. The molecule has 0 bridgehead atoms. The van der Waals surface area contributed by atoms with Crippen molar-refractivity contribution in [2.45, 2.75) is 25.9 Å². The Labute approximate surface area is 111 Å². The highest BCUT2D eigenvalue weighted by molar-refractivity contribution is 5.98. The molecule has 0 aliphatic carbocycles. The second-order valence-electron chi connectivity index (χ2n) is 4.89. The van der Waals surface area contributed by atoms with Crippen molar-refractivity contribution in [3.63, 3.8) is 0 Å². The van der Waals surface area contributed by atoms with E-state index in [1.165, 1.54) is 11.9 Å². The first-order valence-corrected chi connectivity index (χ1v) is 6.18. The highest BCUT2D eigenvalue weighted by atomic mass is 16.5. The fourth-order valence-electron chi connectivity index (χ4n) is 2.23. The van der Waals surface area contributed by atoms with E-state index in [-0.39, 0.29) is 24.5 Å². The molecule has 0 saturated heterocycles. The lowest BCUT2D eigenvalue weighted by atomic mass is 9.96. The van der Waals surface area contributed by atoms with Crippen molar-refractivity contribution in [2.24, 2.45) is 0 Å². The lowest BCUT2D eigenvalue weighted by molar-refractivity contribution is -0.137. The number of fused-ring (bicyclic) bond motifs is 1. The molecule has 2 atom stereocenters. The summed E-state index contributed by atoms with van der Waals surface area (Å²) in [6.45, 7) is 3.68. The van der Waals surface area contributed by atoms with Gasteiger partial charge in [0.15, 0.2) is 0 Å². The van der Waals surface area contributed by atoms with E-state index >= 15 is 0 Å². The predicted molar refractivity (Wildman–Crippen MR) is 69.5 cm³/mol. The molecule has 19 heavy (non-hydrogen) atoms. The van der Waals surface area contributed by atoms with Gasteiger partial charge >= 0.3 is 5.97 Å². The van der Waals surface area contributed by atoms with Gasteiger partial charge in [-0.25, -0.2) is 0 Å². The van der Waals surface area contributed by atoms with Gasteiger partial charge in [0.2, 0.25) is 0 Å². The van der Waals surface area contributed by atoms with Gasteiger partial charge in [0.1, 0.15) is 18.4 Å². The lowest BCUT2D eigenvalue weighted by Crippen LogP contribution is -2.32. The van der Waals surface area contributed by atoms with Crippen LogP contribution in [0.4, 0.5) is 0 Å². The molecule has 1 aromatic rings. The minimum atomic E-state index is -1.04. The third-order valence-corrected chi connectivity index (χ3v) is 3.49. The summed E-state index contributed by atoms with van der Waals surface area (Å²) in [6, 6.07) is 5.42. The average molecular weight is 263 g/mol. The summed E-state index contributed by atoms with van der Waals surface area (Å²) < 4.78 is 5.73. The first-order valence-electron chi connectivity index (χ1n) is 6.18. The summed E-state index contributed by atoms with van der Waals surface area (Å²) in [4.78, 5) is 24.1. The number of amides is 1. The largest absolute Gasteiger partial charge is 0.489 e. The van der Waals surface area contributed by atoms with E-state index in [9.17, 15) is 9.59 Å². The Balaban J connectivity index is 2.33. The molecular weight excluding hydrogens is 246 g/mol. The molecule has 1 amide bonds. The molecule has 1 aliphatic heterocycles. The molecule has 1 aromatic carbocycles. The van der Waals surface area contributed by atoms with Gasteiger partial charge in [-0.1, -0.05) is 19.1 Å². The van der Waals surface area contributed by atoms with E-state index in [0.717, 1.165) is 5.56 Å². The molecule has 1 heterocycles. The number of carboxylic acid groups (broad SMARTS) is 1. The van der Waals surface area contributed by atoms with Crippen molar-refractivity contribution in [3.8, 4) is 5.75 Å². The molecule has 1 aliphatic rings. The van der Waals surface area contributed by atoms with Crippen LogP contribution in [0.15, 0.2) is 18.2 Å². The van der Waals surface area contributed by atoms with Gasteiger partial charge in [0, 0.05) is 18.5 Å². The molecule has 5 nitrogen and oxygen atoms in total. The second-order valence-corrected chi connectivity index (χ2v) is 4.89. The van der Waals surface area contributed by atoms with Crippen molar-refractivity contribution >= 4 is 11.9 Å². The number of likely N-dealkylation sites (N-methyl/N-ethyl adjacent to an activating group) is 1. The molecule has 1 N–H and O–H groups in total.